The third-order valence-electron chi connectivity index (χ3n) is 1.87. The maximum atomic E-state index is 11.2. The summed E-state index contributed by atoms with van der Waals surface area (Å²) in [4.78, 5) is 13.0. The number of carbonyl (C=O) groups excluding carboxylic acids is 1. The Kier molecular flexibility index (Phi) is 11.9. The fraction of sp³-hybridized carbons (Fsp3) is 0.909. The molecule has 1 heterocycles. The van der Waals surface area contributed by atoms with E-state index in [9.17, 15) is 4.79 Å². The Morgan fingerprint density at radius 2 is 1.79 bits per heavy atom. The highest BCUT2D eigenvalue weighted by Crippen LogP contribution is 1.97. The lowest BCUT2D eigenvalue weighted by Crippen LogP contribution is -2.39. The second-order valence-electron chi connectivity index (χ2n) is 2.79. The van der Waals surface area contributed by atoms with Crippen molar-refractivity contribution in [1.82, 2.24) is 10.2 Å². The number of nitrogens with zero attached hydrogens (tertiary/aromatic N) is 1. The molecule has 0 aromatic carbocycles. The van der Waals surface area contributed by atoms with Gasteiger partial charge >= 0.3 is 0 Å². The minimum absolute atomic E-state index is 0.00694. The number of carbonyl (C=O) groups is 1. The highest BCUT2D eigenvalue weighted by Gasteiger charge is 2.18. The number of amides is 1. The standard InChI is InChI=1S/C7H14N2O.2C2H6/c1-6-7(10)9(2)5-3-4-8-6;2*1-2/h6,8H,3-5H2,1-2H3;2*1-2H3. The van der Waals surface area contributed by atoms with Gasteiger partial charge in [0.1, 0.15) is 0 Å². The molecule has 0 aromatic rings. The van der Waals surface area contributed by atoms with Crippen molar-refractivity contribution in [2.24, 2.45) is 0 Å². The Bertz CT molecular complexity index is 123. The van der Waals surface area contributed by atoms with Gasteiger partial charge < -0.3 is 10.2 Å². The number of rotatable bonds is 0. The lowest BCUT2D eigenvalue weighted by Gasteiger charge is -2.16. The van der Waals surface area contributed by atoms with Crippen molar-refractivity contribution in [2.75, 3.05) is 20.1 Å². The fourth-order valence-electron chi connectivity index (χ4n) is 1.16. The lowest BCUT2D eigenvalue weighted by atomic mass is 10.3. The van der Waals surface area contributed by atoms with Crippen LogP contribution in [0, 0.1) is 0 Å². The van der Waals surface area contributed by atoms with Gasteiger partial charge in [0.25, 0.3) is 0 Å². The van der Waals surface area contributed by atoms with Gasteiger partial charge in [-0.15, -0.1) is 0 Å². The van der Waals surface area contributed by atoms with Crippen LogP contribution in [0.3, 0.4) is 0 Å². The first-order valence-corrected chi connectivity index (χ1v) is 5.70. The molecule has 1 aliphatic heterocycles. The van der Waals surface area contributed by atoms with E-state index in [1.165, 1.54) is 0 Å². The maximum Gasteiger partial charge on any atom is 0.239 e. The summed E-state index contributed by atoms with van der Waals surface area (Å²) in [6.07, 6.45) is 1.06. The van der Waals surface area contributed by atoms with Crippen LogP contribution in [0.1, 0.15) is 41.0 Å². The predicted molar refractivity (Wildman–Crippen MR) is 62.4 cm³/mol. The summed E-state index contributed by atoms with van der Waals surface area (Å²) in [7, 11) is 1.85. The van der Waals surface area contributed by atoms with Gasteiger partial charge in [0, 0.05) is 13.6 Å². The summed E-state index contributed by atoms with van der Waals surface area (Å²) in [5.41, 5.74) is 0. The van der Waals surface area contributed by atoms with E-state index in [1.54, 1.807) is 4.90 Å². The molecule has 3 nitrogen and oxygen atoms in total. The summed E-state index contributed by atoms with van der Waals surface area (Å²) in [6, 6.07) is 0.00694. The predicted octanol–water partition coefficient (Wildman–Crippen LogP) is 1.88. The molecular formula is C11H26N2O. The van der Waals surface area contributed by atoms with Gasteiger partial charge in [0.2, 0.25) is 5.91 Å². The average Bonchev–Trinajstić information content (AvgIpc) is 2.40. The monoisotopic (exact) mass is 202 g/mol. The van der Waals surface area contributed by atoms with E-state index >= 15 is 0 Å². The van der Waals surface area contributed by atoms with Crippen LogP contribution in [0.25, 0.3) is 0 Å². The quantitative estimate of drug-likeness (QED) is 0.650. The SMILES string of the molecule is CC.CC.CC1NCCCN(C)C1=O. The van der Waals surface area contributed by atoms with Crippen molar-refractivity contribution in [3.8, 4) is 0 Å². The van der Waals surface area contributed by atoms with Gasteiger partial charge in [-0.25, -0.2) is 0 Å². The minimum atomic E-state index is 0.00694. The van der Waals surface area contributed by atoms with Gasteiger partial charge in [-0.3, -0.25) is 4.79 Å². The van der Waals surface area contributed by atoms with E-state index < -0.39 is 0 Å². The topological polar surface area (TPSA) is 32.3 Å². The van der Waals surface area contributed by atoms with E-state index in [-0.39, 0.29) is 11.9 Å². The Labute approximate surface area is 88.9 Å². The number of hydrogen-bond donors (Lipinski definition) is 1. The van der Waals surface area contributed by atoms with E-state index in [0.717, 1.165) is 19.5 Å². The molecule has 1 aliphatic rings. The normalized spacial score (nSPS) is 21.1. The van der Waals surface area contributed by atoms with Crippen LogP contribution in [0.2, 0.25) is 0 Å². The molecule has 0 bridgehead atoms. The first-order valence-electron chi connectivity index (χ1n) is 5.70. The van der Waals surface area contributed by atoms with Crippen LogP contribution in [-0.4, -0.2) is 37.0 Å². The Hall–Kier alpha value is -0.570. The van der Waals surface area contributed by atoms with Gasteiger partial charge in [0.15, 0.2) is 0 Å². The van der Waals surface area contributed by atoms with E-state index in [0.29, 0.717) is 0 Å². The zero-order valence-corrected chi connectivity index (χ0v) is 10.6. The van der Waals surface area contributed by atoms with Crippen LogP contribution in [0.4, 0.5) is 0 Å². The second kappa shape index (κ2) is 10.5. The van der Waals surface area contributed by atoms with Crippen LogP contribution in [0.5, 0.6) is 0 Å². The Balaban J connectivity index is 0. The molecule has 0 spiro atoms. The van der Waals surface area contributed by atoms with Crippen LogP contribution < -0.4 is 5.32 Å². The maximum absolute atomic E-state index is 11.2. The molecule has 3 heteroatoms. The van der Waals surface area contributed by atoms with Gasteiger partial charge in [-0.2, -0.15) is 0 Å². The van der Waals surface area contributed by atoms with Crippen LogP contribution in [0.15, 0.2) is 0 Å². The third kappa shape index (κ3) is 5.97. The van der Waals surface area contributed by atoms with Crippen LogP contribution >= 0.6 is 0 Å². The highest BCUT2D eigenvalue weighted by molar-refractivity contribution is 5.81. The molecule has 1 unspecified atom stereocenters. The van der Waals surface area contributed by atoms with Crippen LogP contribution in [-0.2, 0) is 4.79 Å². The van der Waals surface area contributed by atoms with Crippen molar-refractivity contribution in [3.63, 3.8) is 0 Å². The van der Waals surface area contributed by atoms with Gasteiger partial charge in [-0.05, 0) is 19.9 Å². The lowest BCUT2D eigenvalue weighted by molar-refractivity contribution is -0.130. The molecule has 14 heavy (non-hydrogen) atoms. The first kappa shape index (κ1) is 15.9. The van der Waals surface area contributed by atoms with Crippen molar-refractivity contribution < 1.29 is 4.79 Å². The van der Waals surface area contributed by atoms with Crippen molar-refractivity contribution in [1.29, 1.82) is 0 Å². The molecule has 0 aromatic heterocycles. The molecule has 86 valence electrons. The summed E-state index contributed by atoms with van der Waals surface area (Å²) < 4.78 is 0. The zero-order chi connectivity index (χ0) is 11.6. The van der Waals surface area contributed by atoms with E-state index in [4.69, 9.17) is 0 Å². The first-order chi connectivity index (χ1) is 6.72. The number of hydrogen-bond acceptors (Lipinski definition) is 2. The summed E-state index contributed by atoms with van der Waals surface area (Å²) in [6.45, 7) is 11.7. The smallest absolute Gasteiger partial charge is 0.239 e. The molecule has 0 radical (unpaired) electrons. The molecule has 1 fully saturated rings. The summed E-state index contributed by atoms with van der Waals surface area (Å²) in [5, 5.41) is 3.13. The largest absolute Gasteiger partial charge is 0.344 e. The van der Waals surface area contributed by atoms with Gasteiger partial charge in [-0.1, -0.05) is 27.7 Å². The molecule has 1 atom stereocenters. The molecular weight excluding hydrogens is 176 g/mol. The molecule has 0 saturated carbocycles. The number of likely N-dealkylation sites (N-methyl/N-ethyl adjacent to an activating group) is 1. The van der Waals surface area contributed by atoms with Crippen molar-refractivity contribution >= 4 is 5.91 Å². The molecule has 1 rings (SSSR count). The third-order valence-corrected chi connectivity index (χ3v) is 1.87. The fourth-order valence-corrected chi connectivity index (χ4v) is 1.16. The minimum Gasteiger partial charge on any atom is -0.344 e. The molecule has 0 aliphatic carbocycles. The van der Waals surface area contributed by atoms with Gasteiger partial charge in [0.05, 0.1) is 6.04 Å². The van der Waals surface area contributed by atoms with E-state index in [2.05, 4.69) is 5.32 Å². The summed E-state index contributed by atoms with van der Waals surface area (Å²) >= 11 is 0. The average molecular weight is 202 g/mol. The highest BCUT2D eigenvalue weighted by atomic mass is 16.2. The molecule has 1 N–H and O–H groups in total. The second-order valence-corrected chi connectivity index (χ2v) is 2.79. The Morgan fingerprint density at radius 1 is 1.29 bits per heavy atom. The zero-order valence-electron chi connectivity index (χ0n) is 10.6. The summed E-state index contributed by atoms with van der Waals surface area (Å²) in [5.74, 6) is 0.206. The Morgan fingerprint density at radius 3 is 2.29 bits per heavy atom. The van der Waals surface area contributed by atoms with Crippen molar-refractivity contribution in [2.45, 2.75) is 47.1 Å². The van der Waals surface area contributed by atoms with Crippen molar-refractivity contribution in [3.05, 3.63) is 0 Å². The molecule has 1 amide bonds. The molecule has 1 saturated heterocycles. The van der Waals surface area contributed by atoms with E-state index in [1.807, 2.05) is 41.7 Å². The number of nitrogens with one attached hydrogen (secondary N) is 1.